The highest BCUT2D eigenvalue weighted by molar-refractivity contribution is 7.92. The lowest BCUT2D eigenvalue weighted by Crippen LogP contribution is -2.37. The molecule has 1 aromatic rings. The minimum atomic E-state index is -3.49. The molecular weight excluding hydrogens is 260 g/mol. The van der Waals surface area contributed by atoms with Gasteiger partial charge in [0.1, 0.15) is 11.9 Å². The van der Waals surface area contributed by atoms with Crippen molar-refractivity contribution in [2.45, 2.75) is 24.7 Å². The van der Waals surface area contributed by atoms with Gasteiger partial charge >= 0.3 is 5.97 Å². The number of rotatable bonds is 4. The summed E-state index contributed by atoms with van der Waals surface area (Å²) in [5.41, 5.74) is 0. The monoisotopic (exact) mass is 276 g/mol. The molecule has 0 spiro atoms. The Bertz CT molecular complexity index is 540. The summed E-state index contributed by atoms with van der Waals surface area (Å²) in [7, 11) is -2.30. The van der Waals surface area contributed by atoms with Crippen molar-refractivity contribution >= 4 is 15.8 Å². The first-order valence-electron chi connectivity index (χ1n) is 5.17. The summed E-state index contributed by atoms with van der Waals surface area (Å²) < 4.78 is 31.3. The van der Waals surface area contributed by atoms with E-state index in [1.807, 2.05) is 0 Å². The maximum Gasteiger partial charge on any atom is 0.373 e. The van der Waals surface area contributed by atoms with E-state index >= 15 is 0 Å². The van der Waals surface area contributed by atoms with Crippen LogP contribution in [0.15, 0.2) is 16.5 Å². The molecule has 102 valence electrons. The molecule has 0 amide bonds. The molecule has 0 aliphatic heterocycles. The fourth-order valence-corrected chi connectivity index (χ4v) is 1.78. The predicted molar refractivity (Wildman–Crippen MR) is 63.9 cm³/mol. The van der Waals surface area contributed by atoms with Gasteiger partial charge in [-0.15, -0.1) is 0 Å². The topological polar surface area (TPSA) is 93.8 Å². The molecule has 0 saturated heterocycles. The Morgan fingerprint density at radius 3 is 2.44 bits per heavy atom. The zero-order valence-electron chi connectivity index (χ0n) is 10.6. The number of aliphatic hydroxyl groups excluding tert-OH is 1. The van der Waals surface area contributed by atoms with Crippen LogP contribution in [0.5, 0.6) is 0 Å². The number of carbonyl (C=O) groups is 1. The van der Waals surface area contributed by atoms with Crippen molar-refractivity contribution in [3.8, 4) is 0 Å². The quantitative estimate of drug-likeness (QED) is 0.822. The van der Waals surface area contributed by atoms with Crippen molar-refractivity contribution in [1.29, 1.82) is 0 Å². The molecule has 1 rings (SSSR count). The molecule has 0 aliphatic rings. The van der Waals surface area contributed by atoms with E-state index in [9.17, 15) is 18.3 Å². The molecule has 1 atom stereocenters. The van der Waals surface area contributed by atoms with E-state index in [-0.39, 0.29) is 11.5 Å². The van der Waals surface area contributed by atoms with E-state index in [0.717, 1.165) is 6.26 Å². The number of methoxy groups -OCH3 is 1. The molecule has 1 aromatic heterocycles. The van der Waals surface area contributed by atoms with E-state index in [4.69, 9.17) is 4.42 Å². The molecule has 0 radical (unpaired) electrons. The summed E-state index contributed by atoms with van der Waals surface area (Å²) >= 11 is 0. The van der Waals surface area contributed by atoms with Crippen LogP contribution >= 0.6 is 0 Å². The van der Waals surface area contributed by atoms with Crippen LogP contribution < -0.4 is 0 Å². The van der Waals surface area contributed by atoms with Crippen molar-refractivity contribution in [2.75, 3.05) is 13.4 Å². The predicted octanol–water partition coefficient (Wildman–Crippen LogP) is 0.923. The number of carbonyl (C=O) groups excluding carboxylic acids is 1. The van der Waals surface area contributed by atoms with Crippen LogP contribution in [0, 0.1) is 0 Å². The third kappa shape index (κ3) is 2.56. The van der Waals surface area contributed by atoms with Crippen LogP contribution in [-0.2, 0) is 14.6 Å². The van der Waals surface area contributed by atoms with Crippen LogP contribution in [0.1, 0.15) is 36.3 Å². The molecule has 0 aromatic carbocycles. The Morgan fingerprint density at radius 2 is 2.00 bits per heavy atom. The van der Waals surface area contributed by atoms with Crippen molar-refractivity contribution in [3.63, 3.8) is 0 Å². The second kappa shape index (κ2) is 4.74. The summed E-state index contributed by atoms with van der Waals surface area (Å²) in [5, 5.41) is 10.0. The number of hydrogen-bond donors (Lipinski definition) is 1. The van der Waals surface area contributed by atoms with Gasteiger partial charge in [0.15, 0.2) is 9.84 Å². The molecule has 6 nitrogen and oxygen atoms in total. The second-order valence-corrected chi connectivity index (χ2v) is 7.07. The largest absolute Gasteiger partial charge is 0.463 e. The van der Waals surface area contributed by atoms with Gasteiger partial charge in [-0.25, -0.2) is 13.2 Å². The van der Waals surface area contributed by atoms with Gasteiger partial charge in [0, 0.05) is 6.26 Å². The Balaban J connectivity index is 3.09. The van der Waals surface area contributed by atoms with Crippen molar-refractivity contribution in [1.82, 2.24) is 0 Å². The van der Waals surface area contributed by atoms with E-state index in [1.165, 1.54) is 33.1 Å². The molecule has 1 N–H and O–H groups in total. The lowest BCUT2D eigenvalue weighted by Gasteiger charge is -2.26. The van der Waals surface area contributed by atoms with Gasteiger partial charge in [0.2, 0.25) is 5.76 Å². The zero-order valence-corrected chi connectivity index (χ0v) is 11.4. The van der Waals surface area contributed by atoms with Gasteiger partial charge < -0.3 is 14.3 Å². The summed E-state index contributed by atoms with van der Waals surface area (Å²) in [6.07, 6.45) is -0.341. The molecule has 0 bridgehead atoms. The molecule has 18 heavy (non-hydrogen) atoms. The minimum Gasteiger partial charge on any atom is -0.463 e. The van der Waals surface area contributed by atoms with Gasteiger partial charge in [-0.3, -0.25) is 0 Å². The van der Waals surface area contributed by atoms with Gasteiger partial charge in [0.05, 0.1) is 11.9 Å². The molecule has 1 unspecified atom stereocenters. The standard InChI is InChI=1S/C11H16O6S/c1-11(2,18(4,14)15)9(12)7-5-6-8(17-7)10(13)16-3/h5-6,9,12H,1-4H3. The zero-order chi connectivity index (χ0) is 14.1. The fraction of sp³-hybridized carbons (Fsp3) is 0.545. The normalized spacial score (nSPS) is 14.3. The Kier molecular flexibility index (Phi) is 3.87. The molecule has 7 heteroatoms. The Morgan fingerprint density at radius 1 is 1.44 bits per heavy atom. The Labute approximate surface area is 105 Å². The number of aliphatic hydroxyl groups is 1. The van der Waals surface area contributed by atoms with Crippen LogP contribution in [-0.4, -0.2) is 37.6 Å². The first kappa shape index (κ1) is 14.7. The van der Waals surface area contributed by atoms with E-state index in [0.29, 0.717) is 0 Å². The van der Waals surface area contributed by atoms with E-state index in [2.05, 4.69) is 4.74 Å². The number of hydrogen-bond acceptors (Lipinski definition) is 6. The van der Waals surface area contributed by atoms with Gasteiger partial charge in [-0.2, -0.15) is 0 Å². The average molecular weight is 276 g/mol. The molecule has 1 heterocycles. The smallest absolute Gasteiger partial charge is 0.373 e. The maximum atomic E-state index is 11.6. The van der Waals surface area contributed by atoms with Gasteiger partial charge in [-0.05, 0) is 26.0 Å². The average Bonchev–Trinajstić information content (AvgIpc) is 2.74. The summed E-state index contributed by atoms with van der Waals surface area (Å²) in [6.45, 7) is 2.76. The van der Waals surface area contributed by atoms with Crippen molar-refractivity contribution < 1.29 is 27.5 Å². The Hall–Kier alpha value is -1.34. The highest BCUT2D eigenvalue weighted by Gasteiger charge is 2.40. The van der Waals surface area contributed by atoms with E-state index < -0.39 is 26.7 Å². The maximum absolute atomic E-state index is 11.6. The summed E-state index contributed by atoms with van der Waals surface area (Å²) in [5.74, 6) is -0.771. The SMILES string of the molecule is COC(=O)c1ccc(C(O)C(C)(C)S(C)(=O)=O)o1. The number of ether oxygens (including phenoxy) is 1. The highest BCUT2D eigenvalue weighted by atomic mass is 32.2. The molecule has 0 fully saturated rings. The first-order valence-corrected chi connectivity index (χ1v) is 7.06. The summed E-state index contributed by atoms with van der Waals surface area (Å²) in [6, 6.07) is 2.67. The van der Waals surface area contributed by atoms with Crippen LogP contribution in [0.4, 0.5) is 0 Å². The fourth-order valence-electron chi connectivity index (χ4n) is 1.26. The van der Waals surface area contributed by atoms with Crippen LogP contribution in [0.3, 0.4) is 0 Å². The number of esters is 1. The van der Waals surface area contributed by atoms with Crippen LogP contribution in [0.2, 0.25) is 0 Å². The summed E-state index contributed by atoms with van der Waals surface area (Å²) in [4.78, 5) is 11.2. The van der Waals surface area contributed by atoms with Gasteiger partial charge in [0.25, 0.3) is 0 Å². The number of furan rings is 1. The lowest BCUT2D eigenvalue weighted by molar-refractivity contribution is 0.0549. The van der Waals surface area contributed by atoms with Crippen molar-refractivity contribution in [3.05, 3.63) is 23.7 Å². The lowest BCUT2D eigenvalue weighted by atomic mass is 10.0. The molecule has 0 aliphatic carbocycles. The minimum absolute atomic E-state index is 0.00539. The van der Waals surface area contributed by atoms with Gasteiger partial charge in [-0.1, -0.05) is 0 Å². The third-order valence-corrected chi connectivity index (χ3v) is 5.03. The van der Waals surface area contributed by atoms with E-state index in [1.54, 1.807) is 0 Å². The second-order valence-electron chi connectivity index (χ2n) is 4.47. The third-order valence-electron chi connectivity index (χ3n) is 2.90. The first-order chi connectivity index (χ1) is 8.11. The highest BCUT2D eigenvalue weighted by Crippen LogP contribution is 2.32. The number of sulfone groups is 1. The van der Waals surface area contributed by atoms with Crippen molar-refractivity contribution in [2.24, 2.45) is 0 Å². The van der Waals surface area contributed by atoms with Crippen LogP contribution in [0.25, 0.3) is 0 Å². The molecule has 0 saturated carbocycles. The molecular formula is C11H16O6S.